The lowest BCUT2D eigenvalue weighted by Crippen LogP contribution is -2.12. The van der Waals surface area contributed by atoms with Gasteiger partial charge in [-0.15, -0.1) is 0 Å². The van der Waals surface area contributed by atoms with Crippen molar-refractivity contribution in [3.63, 3.8) is 0 Å². The van der Waals surface area contributed by atoms with Crippen LogP contribution in [0.4, 0.5) is 0 Å². The fraction of sp³-hybridized carbons (Fsp3) is 0.0769. The zero-order valence-corrected chi connectivity index (χ0v) is 25.8. The van der Waals surface area contributed by atoms with Crippen molar-refractivity contribution in [1.82, 2.24) is 9.97 Å². The van der Waals surface area contributed by atoms with Crippen LogP contribution in [0.3, 0.4) is 0 Å². The number of Topliss-reactive ketones (excluding diaryl/α,β-unsaturated/α-hetero) is 1. The van der Waals surface area contributed by atoms with Gasteiger partial charge >= 0.3 is 17.9 Å². The average molecular weight is 641 g/mol. The SMILES string of the molecule is O=C(O)c1cc(C(=O)O)cc(C(=O)O)c1.O=C1/C(=C/c2ccncc2)CCC/C1=C\c1ccncc1.c1ccc(-c2ccccc2)cc1. The Labute approximate surface area is 277 Å². The van der Waals surface area contributed by atoms with Gasteiger partial charge in [0.1, 0.15) is 0 Å². The molecule has 2 heterocycles. The second-order valence-corrected chi connectivity index (χ2v) is 10.5. The molecule has 0 atom stereocenters. The number of nitrogens with zero attached hydrogens (tertiary/aromatic N) is 2. The predicted molar refractivity (Wildman–Crippen MR) is 182 cm³/mol. The van der Waals surface area contributed by atoms with Gasteiger partial charge in [-0.3, -0.25) is 14.8 Å². The van der Waals surface area contributed by atoms with Crippen LogP contribution in [0.1, 0.15) is 61.5 Å². The summed E-state index contributed by atoms with van der Waals surface area (Å²) in [6.07, 6.45) is 13.6. The van der Waals surface area contributed by atoms with Crippen molar-refractivity contribution in [1.29, 1.82) is 0 Å². The number of carboxylic acid groups (broad SMARTS) is 3. The number of carbonyl (C=O) groups is 4. The highest BCUT2D eigenvalue weighted by atomic mass is 16.4. The summed E-state index contributed by atoms with van der Waals surface area (Å²) in [5.74, 6) is -3.96. The van der Waals surface area contributed by atoms with Gasteiger partial charge in [0.15, 0.2) is 5.78 Å². The highest BCUT2D eigenvalue weighted by Gasteiger charge is 2.20. The highest BCUT2D eigenvalue weighted by molar-refractivity contribution is 6.14. The molecule has 0 aliphatic heterocycles. The molecule has 6 rings (SSSR count). The zero-order chi connectivity index (χ0) is 34.3. The van der Waals surface area contributed by atoms with Crippen molar-refractivity contribution in [3.8, 4) is 11.1 Å². The Bertz CT molecular complexity index is 1750. The van der Waals surface area contributed by atoms with Gasteiger partial charge in [-0.05, 0) is 96.1 Å². The highest BCUT2D eigenvalue weighted by Crippen LogP contribution is 2.28. The van der Waals surface area contributed by atoms with Crippen LogP contribution in [-0.4, -0.2) is 49.0 Å². The van der Waals surface area contributed by atoms with E-state index in [1.54, 1.807) is 24.8 Å². The zero-order valence-electron chi connectivity index (χ0n) is 25.8. The van der Waals surface area contributed by atoms with Crippen LogP contribution in [0.25, 0.3) is 23.3 Å². The molecule has 3 N–H and O–H groups in total. The van der Waals surface area contributed by atoms with E-state index in [0.717, 1.165) is 59.7 Å². The van der Waals surface area contributed by atoms with Crippen molar-refractivity contribution < 1.29 is 34.5 Å². The first-order valence-electron chi connectivity index (χ1n) is 14.9. The van der Waals surface area contributed by atoms with E-state index in [1.807, 2.05) is 48.6 Å². The van der Waals surface area contributed by atoms with Crippen molar-refractivity contribution in [2.24, 2.45) is 0 Å². The summed E-state index contributed by atoms with van der Waals surface area (Å²) >= 11 is 0. The maximum atomic E-state index is 12.6. The summed E-state index contributed by atoms with van der Waals surface area (Å²) in [6, 6.07) is 31.2. The molecule has 1 aliphatic carbocycles. The molecule has 5 aromatic rings. The molecule has 0 spiro atoms. The number of hydrogen-bond donors (Lipinski definition) is 3. The lowest BCUT2D eigenvalue weighted by atomic mass is 9.87. The largest absolute Gasteiger partial charge is 0.478 e. The third-order valence-corrected chi connectivity index (χ3v) is 7.12. The quantitative estimate of drug-likeness (QED) is 0.157. The van der Waals surface area contributed by atoms with Gasteiger partial charge in [0.25, 0.3) is 0 Å². The third kappa shape index (κ3) is 10.3. The Morgan fingerprint density at radius 3 is 1.17 bits per heavy atom. The van der Waals surface area contributed by atoms with E-state index in [1.165, 1.54) is 11.1 Å². The summed E-state index contributed by atoms with van der Waals surface area (Å²) < 4.78 is 0. The van der Waals surface area contributed by atoms with Crippen LogP contribution in [0.2, 0.25) is 0 Å². The molecule has 9 nitrogen and oxygen atoms in total. The fourth-order valence-electron chi connectivity index (χ4n) is 4.76. The molecular formula is C39H32N2O7. The first-order chi connectivity index (χ1) is 23.2. The Kier molecular flexibility index (Phi) is 12.4. The molecule has 9 heteroatoms. The molecule has 240 valence electrons. The maximum Gasteiger partial charge on any atom is 0.335 e. The Morgan fingerprint density at radius 2 is 0.854 bits per heavy atom. The lowest BCUT2D eigenvalue weighted by molar-refractivity contribution is -0.112. The molecule has 48 heavy (non-hydrogen) atoms. The third-order valence-electron chi connectivity index (χ3n) is 7.12. The van der Waals surface area contributed by atoms with Gasteiger partial charge in [0, 0.05) is 35.9 Å². The van der Waals surface area contributed by atoms with E-state index in [2.05, 4.69) is 58.5 Å². The number of ketones is 1. The molecule has 1 saturated carbocycles. The first kappa shape index (κ1) is 34.4. The number of hydrogen-bond acceptors (Lipinski definition) is 6. The number of aromatic carboxylic acids is 3. The van der Waals surface area contributed by atoms with Crippen LogP contribution in [-0.2, 0) is 4.79 Å². The summed E-state index contributed by atoms with van der Waals surface area (Å²) in [5, 5.41) is 25.8. The number of rotatable bonds is 6. The van der Waals surface area contributed by atoms with Gasteiger partial charge in [-0.2, -0.15) is 0 Å². The summed E-state index contributed by atoms with van der Waals surface area (Å²) in [6.45, 7) is 0. The van der Waals surface area contributed by atoms with Crippen LogP contribution in [0.5, 0.6) is 0 Å². The second kappa shape index (κ2) is 17.3. The molecule has 0 bridgehead atoms. The van der Waals surface area contributed by atoms with Gasteiger partial charge in [0.05, 0.1) is 16.7 Å². The molecule has 2 aromatic heterocycles. The van der Waals surface area contributed by atoms with E-state index < -0.39 is 17.9 Å². The first-order valence-corrected chi connectivity index (χ1v) is 14.9. The fourth-order valence-corrected chi connectivity index (χ4v) is 4.76. The smallest absolute Gasteiger partial charge is 0.335 e. The second-order valence-electron chi connectivity index (χ2n) is 10.5. The Hall–Kier alpha value is -6.48. The van der Waals surface area contributed by atoms with Crippen molar-refractivity contribution >= 4 is 35.8 Å². The summed E-state index contributed by atoms with van der Waals surface area (Å²) in [4.78, 5) is 52.3. The van der Waals surface area contributed by atoms with Crippen LogP contribution >= 0.6 is 0 Å². The number of aromatic nitrogens is 2. The van der Waals surface area contributed by atoms with Gasteiger partial charge < -0.3 is 15.3 Å². The van der Waals surface area contributed by atoms with Crippen molar-refractivity contribution in [2.75, 3.05) is 0 Å². The topological polar surface area (TPSA) is 155 Å². The Morgan fingerprint density at radius 1 is 0.521 bits per heavy atom. The molecule has 0 amide bonds. The number of carbonyl (C=O) groups excluding carboxylic acids is 1. The van der Waals surface area contributed by atoms with E-state index >= 15 is 0 Å². The summed E-state index contributed by atoms with van der Waals surface area (Å²) in [5.41, 5.74) is 5.26. The van der Waals surface area contributed by atoms with Gasteiger partial charge in [-0.25, -0.2) is 14.4 Å². The standard InChI is InChI=1S/C18H16N2O.C12H10.C9H6O6/c21-18-16(12-14-4-8-19-9-5-14)2-1-3-17(18)13-15-6-10-20-11-7-15;1-3-7-11(8-4-1)12-9-5-2-6-10-12;10-7(11)4-1-5(8(12)13)3-6(2-4)9(14)15/h4-13H,1-3H2;1-10H;1-3H,(H,10,11)(H,12,13)(H,14,15)/b16-12+,17-13+;;. The minimum Gasteiger partial charge on any atom is -0.478 e. The summed E-state index contributed by atoms with van der Waals surface area (Å²) in [7, 11) is 0. The molecular weight excluding hydrogens is 608 g/mol. The van der Waals surface area contributed by atoms with E-state index in [4.69, 9.17) is 15.3 Å². The number of benzene rings is 3. The molecule has 0 unspecified atom stereocenters. The Balaban J connectivity index is 0.000000170. The van der Waals surface area contributed by atoms with Gasteiger partial charge in [-0.1, -0.05) is 60.7 Å². The van der Waals surface area contributed by atoms with E-state index in [0.29, 0.717) is 0 Å². The number of allylic oxidation sites excluding steroid dienone is 2. The number of pyridine rings is 2. The molecule has 3 aromatic carbocycles. The van der Waals surface area contributed by atoms with Crippen molar-refractivity contribution in [2.45, 2.75) is 19.3 Å². The minimum absolute atomic E-state index is 0.162. The minimum atomic E-state index is -1.37. The van der Waals surface area contributed by atoms with E-state index in [-0.39, 0.29) is 22.5 Å². The normalized spacial score (nSPS) is 13.8. The monoisotopic (exact) mass is 640 g/mol. The average Bonchev–Trinajstić information content (AvgIpc) is 3.12. The molecule has 0 radical (unpaired) electrons. The predicted octanol–water partition coefficient (Wildman–Crippen LogP) is 7.83. The number of carboxylic acids is 3. The maximum absolute atomic E-state index is 12.6. The lowest BCUT2D eigenvalue weighted by Gasteiger charge is -2.16. The van der Waals surface area contributed by atoms with Crippen LogP contribution < -0.4 is 0 Å². The van der Waals surface area contributed by atoms with Crippen LogP contribution in [0.15, 0.2) is 139 Å². The van der Waals surface area contributed by atoms with Crippen molar-refractivity contribution in [3.05, 3.63) is 167 Å². The van der Waals surface area contributed by atoms with E-state index in [9.17, 15) is 19.2 Å². The molecule has 1 aliphatic rings. The molecule has 0 saturated heterocycles. The van der Waals surface area contributed by atoms with Gasteiger partial charge in [0.2, 0.25) is 0 Å². The molecule has 1 fully saturated rings. The van der Waals surface area contributed by atoms with Crippen LogP contribution in [0, 0.1) is 0 Å².